The van der Waals surface area contributed by atoms with Crippen LogP contribution >= 0.6 is 23.1 Å². The number of benzene rings is 1. The average Bonchev–Trinajstić information content (AvgIpc) is 3.48. The van der Waals surface area contributed by atoms with Gasteiger partial charge in [0.25, 0.3) is 6.43 Å². The highest BCUT2D eigenvalue weighted by Crippen LogP contribution is 2.37. The molecule has 8 nitrogen and oxygen atoms in total. The molecule has 0 amide bonds. The van der Waals surface area contributed by atoms with Crippen LogP contribution in [0.4, 0.5) is 31.8 Å². The number of rotatable bonds is 8. The lowest BCUT2D eigenvalue weighted by molar-refractivity contribution is 0.142. The van der Waals surface area contributed by atoms with Crippen molar-refractivity contribution in [1.29, 1.82) is 0 Å². The zero-order chi connectivity index (χ0) is 27.0. The van der Waals surface area contributed by atoms with Crippen LogP contribution in [0.5, 0.6) is 0 Å². The summed E-state index contributed by atoms with van der Waals surface area (Å²) in [7, 11) is 0. The Labute approximate surface area is 226 Å². The summed E-state index contributed by atoms with van der Waals surface area (Å²) >= 11 is 3.23. The van der Waals surface area contributed by atoms with E-state index in [0.717, 1.165) is 44.7 Å². The first-order chi connectivity index (χ1) is 18.2. The fourth-order valence-electron chi connectivity index (χ4n) is 3.98. The molecule has 0 radical (unpaired) electrons. The number of pyridine rings is 1. The van der Waals surface area contributed by atoms with Gasteiger partial charge in [0, 0.05) is 21.4 Å². The summed E-state index contributed by atoms with van der Waals surface area (Å²) in [5.74, 6) is 0.485. The summed E-state index contributed by atoms with van der Waals surface area (Å²) in [6.07, 6.45) is 1.65. The third-order valence-electron chi connectivity index (χ3n) is 6.06. The molecule has 0 unspecified atom stereocenters. The van der Waals surface area contributed by atoms with E-state index >= 15 is 0 Å². The molecule has 0 atom stereocenters. The Balaban J connectivity index is 1.54. The van der Waals surface area contributed by atoms with Crippen molar-refractivity contribution >= 4 is 57.3 Å². The van der Waals surface area contributed by atoms with Gasteiger partial charge in [-0.3, -0.25) is 4.98 Å². The van der Waals surface area contributed by atoms with Crippen LogP contribution < -0.4 is 10.6 Å². The zero-order valence-corrected chi connectivity index (χ0v) is 23.1. The molecule has 0 bridgehead atoms. The molecule has 4 heterocycles. The molecule has 196 valence electrons. The van der Waals surface area contributed by atoms with Crippen molar-refractivity contribution in [3.8, 4) is 10.6 Å². The van der Waals surface area contributed by atoms with Crippen LogP contribution in [0.15, 0.2) is 35.4 Å². The van der Waals surface area contributed by atoms with Gasteiger partial charge in [-0.25, -0.2) is 28.7 Å². The van der Waals surface area contributed by atoms with Gasteiger partial charge in [-0.15, -0.1) is 23.1 Å². The SMILES string of the molecule is CCc1ncc(Nc2cc(Nc3ccc(-c4nc(C)c(C)s4)cc3SC)c3nc(C(F)F)[nH]c3n2)nc1C. The maximum absolute atomic E-state index is 13.5. The van der Waals surface area contributed by atoms with Gasteiger partial charge in [0.1, 0.15) is 22.2 Å². The van der Waals surface area contributed by atoms with Crippen molar-refractivity contribution in [2.75, 3.05) is 16.9 Å². The van der Waals surface area contributed by atoms with Gasteiger partial charge >= 0.3 is 0 Å². The van der Waals surface area contributed by atoms with Gasteiger partial charge in [-0.2, -0.15) is 0 Å². The molecule has 0 saturated heterocycles. The number of nitrogens with zero attached hydrogens (tertiary/aromatic N) is 5. The van der Waals surface area contributed by atoms with E-state index in [1.165, 1.54) is 4.88 Å². The van der Waals surface area contributed by atoms with Crippen molar-refractivity contribution in [2.24, 2.45) is 0 Å². The number of anilines is 4. The summed E-state index contributed by atoms with van der Waals surface area (Å²) in [6, 6.07) is 7.77. The molecule has 5 aromatic rings. The lowest BCUT2D eigenvalue weighted by Gasteiger charge is -2.14. The van der Waals surface area contributed by atoms with E-state index in [-0.39, 0.29) is 5.65 Å². The maximum atomic E-state index is 13.5. The monoisotopic (exact) mass is 552 g/mol. The predicted molar refractivity (Wildman–Crippen MR) is 150 cm³/mol. The van der Waals surface area contributed by atoms with Crippen molar-refractivity contribution < 1.29 is 8.78 Å². The average molecular weight is 553 g/mol. The summed E-state index contributed by atoms with van der Waals surface area (Å²) < 4.78 is 27.0. The van der Waals surface area contributed by atoms with E-state index in [1.54, 1.807) is 35.4 Å². The molecule has 1 aromatic carbocycles. The lowest BCUT2D eigenvalue weighted by atomic mass is 10.2. The standard InChI is InChI=1S/C26H26F2N8S2/c1-6-16-13(3)30-21(11-29-16)33-20-10-18(22-24(34-20)36-25(35-22)23(27)28)32-17-8-7-15(9-19(17)37-5)26-31-12(2)14(4)38-26/h7-11,23H,6H2,1-5H3,(H3,30,32,33,34,35,36). The molecular formula is C26H26F2N8S2. The van der Waals surface area contributed by atoms with Crippen LogP contribution in [-0.2, 0) is 6.42 Å². The number of alkyl halides is 2. The molecule has 0 fully saturated rings. The Bertz CT molecular complexity index is 1610. The number of nitrogens with one attached hydrogen (secondary N) is 3. The Morgan fingerprint density at radius 3 is 2.45 bits per heavy atom. The maximum Gasteiger partial charge on any atom is 0.295 e. The number of thiazole rings is 1. The Kier molecular flexibility index (Phi) is 7.26. The number of fused-ring (bicyclic) bond motifs is 1. The molecule has 38 heavy (non-hydrogen) atoms. The topological polar surface area (TPSA) is 104 Å². The van der Waals surface area contributed by atoms with E-state index in [0.29, 0.717) is 22.8 Å². The van der Waals surface area contributed by atoms with Crippen LogP contribution in [0.25, 0.3) is 21.7 Å². The van der Waals surface area contributed by atoms with Crippen LogP contribution in [0, 0.1) is 20.8 Å². The summed E-state index contributed by atoms with van der Waals surface area (Å²) in [5, 5.41) is 7.49. The number of halogens is 2. The normalized spacial score (nSPS) is 11.5. The van der Waals surface area contributed by atoms with Gasteiger partial charge in [0.2, 0.25) is 0 Å². The highest BCUT2D eigenvalue weighted by atomic mass is 32.2. The first-order valence-corrected chi connectivity index (χ1v) is 14.0. The van der Waals surface area contributed by atoms with Crippen molar-refractivity contribution in [1.82, 2.24) is 29.9 Å². The molecule has 0 aliphatic rings. The third kappa shape index (κ3) is 5.18. The highest BCUT2D eigenvalue weighted by molar-refractivity contribution is 7.98. The smallest absolute Gasteiger partial charge is 0.295 e. The van der Waals surface area contributed by atoms with E-state index in [1.807, 2.05) is 39.2 Å². The first kappa shape index (κ1) is 26.0. The van der Waals surface area contributed by atoms with Gasteiger partial charge in [-0.05, 0) is 51.6 Å². The van der Waals surface area contributed by atoms with Crippen LogP contribution in [0.1, 0.15) is 41.1 Å². The molecule has 0 aliphatic carbocycles. The number of imidazole rings is 1. The van der Waals surface area contributed by atoms with E-state index in [2.05, 4.69) is 53.5 Å². The molecule has 5 rings (SSSR count). The summed E-state index contributed by atoms with van der Waals surface area (Å²) in [6.45, 7) is 7.98. The van der Waals surface area contributed by atoms with E-state index in [4.69, 9.17) is 0 Å². The summed E-state index contributed by atoms with van der Waals surface area (Å²) in [5.41, 5.74) is 5.66. The fourth-order valence-corrected chi connectivity index (χ4v) is 5.48. The van der Waals surface area contributed by atoms with Crippen LogP contribution in [0.3, 0.4) is 0 Å². The number of H-pyrrole nitrogens is 1. The van der Waals surface area contributed by atoms with Crippen molar-refractivity contribution in [3.63, 3.8) is 0 Å². The predicted octanol–water partition coefficient (Wildman–Crippen LogP) is 7.51. The minimum atomic E-state index is -2.75. The fraction of sp³-hybridized carbons (Fsp3) is 0.269. The Hall–Kier alpha value is -3.64. The molecular weight excluding hydrogens is 526 g/mol. The summed E-state index contributed by atoms with van der Waals surface area (Å²) in [4.78, 5) is 27.1. The van der Waals surface area contributed by atoms with Crippen molar-refractivity contribution in [3.05, 3.63) is 58.2 Å². The largest absolute Gasteiger partial charge is 0.353 e. The number of aromatic nitrogens is 6. The van der Waals surface area contributed by atoms with Gasteiger partial charge < -0.3 is 15.6 Å². The van der Waals surface area contributed by atoms with E-state index in [9.17, 15) is 8.78 Å². The second kappa shape index (κ2) is 10.6. The van der Waals surface area contributed by atoms with Crippen LogP contribution in [-0.4, -0.2) is 36.2 Å². The molecule has 3 N–H and O–H groups in total. The molecule has 0 aliphatic heterocycles. The number of aromatic amines is 1. The highest BCUT2D eigenvalue weighted by Gasteiger charge is 2.19. The quantitative estimate of drug-likeness (QED) is 0.170. The minimum absolute atomic E-state index is 0.235. The second-order valence-corrected chi connectivity index (χ2v) is 10.7. The lowest BCUT2D eigenvalue weighted by Crippen LogP contribution is -2.03. The number of hydrogen-bond acceptors (Lipinski definition) is 9. The number of thioether (sulfide) groups is 1. The molecule has 0 saturated carbocycles. The van der Waals surface area contributed by atoms with Crippen molar-refractivity contribution in [2.45, 2.75) is 45.4 Å². The minimum Gasteiger partial charge on any atom is -0.353 e. The Morgan fingerprint density at radius 1 is 0.974 bits per heavy atom. The molecule has 4 aromatic heterocycles. The van der Waals surface area contributed by atoms with E-state index < -0.39 is 12.2 Å². The Morgan fingerprint density at radius 2 is 1.79 bits per heavy atom. The number of aryl methyl sites for hydroxylation is 4. The molecule has 0 spiro atoms. The third-order valence-corrected chi connectivity index (χ3v) is 7.96. The zero-order valence-electron chi connectivity index (χ0n) is 21.5. The van der Waals surface area contributed by atoms with Gasteiger partial charge in [0.05, 0.1) is 34.7 Å². The van der Waals surface area contributed by atoms with Crippen LogP contribution in [0.2, 0.25) is 0 Å². The van der Waals surface area contributed by atoms with Gasteiger partial charge in [-0.1, -0.05) is 6.92 Å². The second-order valence-electron chi connectivity index (χ2n) is 8.64. The number of hydrogen-bond donors (Lipinski definition) is 3. The molecule has 12 heteroatoms. The van der Waals surface area contributed by atoms with Gasteiger partial charge in [0.15, 0.2) is 11.5 Å². The first-order valence-electron chi connectivity index (χ1n) is 11.9.